The van der Waals surface area contributed by atoms with Gasteiger partial charge in [0.1, 0.15) is 5.82 Å². The maximum absolute atomic E-state index is 12.9. The van der Waals surface area contributed by atoms with Crippen molar-refractivity contribution in [2.24, 2.45) is 11.8 Å². The van der Waals surface area contributed by atoms with Gasteiger partial charge in [0.2, 0.25) is 0 Å². The van der Waals surface area contributed by atoms with E-state index in [0.29, 0.717) is 12.1 Å². The molecule has 1 aliphatic carbocycles. The van der Waals surface area contributed by atoms with Crippen LogP contribution in [0.5, 0.6) is 0 Å². The Kier molecular flexibility index (Phi) is 4.98. The zero-order valence-corrected chi connectivity index (χ0v) is 12.3. The quantitative estimate of drug-likeness (QED) is 0.859. The topological polar surface area (TPSA) is 12.0 Å². The Morgan fingerprint density at radius 2 is 1.89 bits per heavy atom. The minimum absolute atomic E-state index is 0.154. The van der Waals surface area contributed by atoms with E-state index in [9.17, 15) is 4.39 Å². The summed E-state index contributed by atoms with van der Waals surface area (Å²) in [5.74, 6) is 1.42. The maximum Gasteiger partial charge on any atom is 0.123 e. The molecule has 0 bridgehead atoms. The number of rotatable bonds is 4. The van der Waals surface area contributed by atoms with Crippen molar-refractivity contribution in [2.45, 2.75) is 58.5 Å². The minimum atomic E-state index is -0.154. The molecule has 0 aliphatic heterocycles. The summed E-state index contributed by atoms with van der Waals surface area (Å²) < 4.78 is 12.9. The lowest BCUT2D eigenvalue weighted by molar-refractivity contribution is 0.196. The second-order valence-corrected chi connectivity index (χ2v) is 6.27. The number of halogens is 1. The van der Waals surface area contributed by atoms with E-state index in [-0.39, 0.29) is 5.82 Å². The highest BCUT2D eigenvalue weighted by atomic mass is 19.1. The summed E-state index contributed by atoms with van der Waals surface area (Å²) in [4.78, 5) is 0. The molecule has 1 aromatic carbocycles. The third kappa shape index (κ3) is 4.04. The third-order valence-electron chi connectivity index (χ3n) is 4.66. The third-order valence-corrected chi connectivity index (χ3v) is 4.66. The van der Waals surface area contributed by atoms with Crippen molar-refractivity contribution in [1.29, 1.82) is 0 Å². The summed E-state index contributed by atoms with van der Waals surface area (Å²) in [5.41, 5.74) is 1.21. The molecule has 19 heavy (non-hydrogen) atoms. The van der Waals surface area contributed by atoms with Crippen LogP contribution < -0.4 is 5.32 Å². The molecular weight excluding hydrogens is 237 g/mol. The van der Waals surface area contributed by atoms with Crippen molar-refractivity contribution in [1.82, 2.24) is 5.32 Å². The van der Waals surface area contributed by atoms with E-state index in [1.54, 1.807) is 12.1 Å². The van der Waals surface area contributed by atoms with Crippen LogP contribution in [-0.4, -0.2) is 12.1 Å². The second-order valence-electron chi connectivity index (χ2n) is 6.27. The average Bonchev–Trinajstić information content (AvgIpc) is 2.38. The highest BCUT2D eigenvalue weighted by molar-refractivity contribution is 5.17. The summed E-state index contributed by atoms with van der Waals surface area (Å²) in [6.07, 6.45) is 4.97. The van der Waals surface area contributed by atoms with Crippen LogP contribution >= 0.6 is 0 Å². The van der Waals surface area contributed by atoms with Crippen LogP contribution in [0.4, 0.5) is 4.39 Å². The number of hydrogen-bond acceptors (Lipinski definition) is 1. The summed E-state index contributed by atoms with van der Waals surface area (Å²) in [6.45, 7) is 6.96. The first-order valence-electron chi connectivity index (χ1n) is 7.56. The molecular formula is C17H26FN. The standard InChI is InChI=1S/C17H26FN/c1-12-5-4-6-17(14(12)3)19-13(2)11-15-7-9-16(18)10-8-15/h7-10,12-14,17,19H,4-6,11H2,1-3H3. The molecule has 0 amide bonds. The minimum Gasteiger partial charge on any atom is -0.311 e. The van der Waals surface area contributed by atoms with Crippen molar-refractivity contribution in [3.63, 3.8) is 0 Å². The monoisotopic (exact) mass is 263 g/mol. The van der Waals surface area contributed by atoms with Gasteiger partial charge in [-0.3, -0.25) is 0 Å². The van der Waals surface area contributed by atoms with Gasteiger partial charge in [-0.15, -0.1) is 0 Å². The summed E-state index contributed by atoms with van der Waals surface area (Å²) in [7, 11) is 0. The Balaban J connectivity index is 1.86. The first-order valence-corrected chi connectivity index (χ1v) is 7.56. The highest BCUT2D eigenvalue weighted by Gasteiger charge is 2.27. The van der Waals surface area contributed by atoms with Crippen LogP contribution in [0.3, 0.4) is 0 Å². The first-order chi connectivity index (χ1) is 9.06. The fourth-order valence-corrected chi connectivity index (χ4v) is 3.22. The van der Waals surface area contributed by atoms with E-state index in [4.69, 9.17) is 0 Å². The van der Waals surface area contributed by atoms with E-state index in [1.165, 1.54) is 24.8 Å². The number of benzene rings is 1. The predicted molar refractivity (Wildman–Crippen MR) is 78.7 cm³/mol. The fraction of sp³-hybridized carbons (Fsp3) is 0.647. The molecule has 1 nitrogen and oxygen atoms in total. The Bertz CT molecular complexity index is 387. The van der Waals surface area contributed by atoms with Gasteiger partial charge in [0.15, 0.2) is 0 Å². The SMILES string of the molecule is CC(Cc1ccc(F)cc1)NC1CCCC(C)C1C. The summed E-state index contributed by atoms with van der Waals surface area (Å²) in [6, 6.07) is 7.96. The van der Waals surface area contributed by atoms with Crippen molar-refractivity contribution >= 4 is 0 Å². The molecule has 1 aromatic rings. The van der Waals surface area contributed by atoms with Crippen molar-refractivity contribution in [3.8, 4) is 0 Å². The van der Waals surface area contributed by atoms with Gasteiger partial charge in [-0.25, -0.2) is 4.39 Å². The highest BCUT2D eigenvalue weighted by Crippen LogP contribution is 2.29. The second kappa shape index (κ2) is 6.51. The smallest absolute Gasteiger partial charge is 0.123 e. The normalized spacial score (nSPS) is 29.2. The number of hydrogen-bond donors (Lipinski definition) is 1. The molecule has 0 spiro atoms. The zero-order valence-electron chi connectivity index (χ0n) is 12.3. The Morgan fingerprint density at radius 1 is 1.21 bits per heavy atom. The molecule has 4 unspecified atom stereocenters. The fourth-order valence-electron chi connectivity index (χ4n) is 3.22. The summed E-state index contributed by atoms with van der Waals surface area (Å²) >= 11 is 0. The molecule has 2 heteroatoms. The van der Waals surface area contributed by atoms with Crippen molar-refractivity contribution < 1.29 is 4.39 Å². The molecule has 0 heterocycles. The van der Waals surface area contributed by atoms with Crippen LogP contribution in [-0.2, 0) is 6.42 Å². The van der Waals surface area contributed by atoms with Crippen molar-refractivity contribution in [2.75, 3.05) is 0 Å². The van der Waals surface area contributed by atoms with Crippen LogP contribution in [0.2, 0.25) is 0 Å². The average molecular weight is 263 g/mol. The van der Waals surface area contributed by atoms with E-state index < -0.39 is 0 Å². The molecule has 1 saturated carbocycles. The van der Waals surface area contributed by atoms with Gasteiger partial charge in [0.25, 0.3) is 0 Å². The Labute approximate surface area is 116 Å². The van der Waals surface area contributed by atoms with Crippen molar-refractivity contribution in [3.05, 3.63) is 35.6 Å². The van der Waals surface area contributed by atoms with Crippen LogP contribution in [0.15, 0.2) is 24.3 Å². The van der Waals surface area contributed by atoms with E-state index >= 15 is 0 Å². The van der Waals surface area contributed by atoms with E-state index in [2.05, 4.69) is 26.1 Å². The van der Waals surface area contributed by atoms with Gasteiger partial charge in [0.05, 0.1) is 0 Å². The predicted octanol–water partition coefficient (Wildman–Crippen LogP) is 4.17. The number of nitrogens with one attached hydrogen (secondary N) is 1. The van der Waals surface area contributed by atoms with Gasteiger partial charge < -0.3 is 5.32 Å². The molecule has 1 fully saturated rings. The lowest BCUT2D eigenvalue weighted by Gasteiger charge is -2.36. The summed E-state index contributed by atoms with van der Waals surface area (Å²) in [5, 5.41) is 3.77. The lowest BCUT2D eigenvalue weighted by Crippen LogP contribution is -2.45. The molecule has 106 valence electrons. The van der Waals surface area contributed by atoms with E-state index in [0.717, 1.165) is 18.3 Å². The molecule has 1 aliphatic rings. The largest absolute Gasteiger partial charge is 0.311 e. The molecule has 2 rings (SSSR count). The van der Waals surface area contributed by atoms with E-state index in [1.807, 2.05) is 12.1 Å². The van der Waals surface area contributed by atoms with Gasteiger partial charge in [-0.2, -0.15) is 0 Å². The molecule has 0 aromatic heterocycles. The van der Waals surface area contributed by atoms with Crippen LogP contribution in [0.1, 0.15) is 45.6 Å². The van der Waals surface area contributed by atoms with Crippen LogP contribution in [0, 0.1) is 17.7 Å². The first kappa shape index (κ1) is 14.5. The zero-order chi connectivity index (χ0) is 13.8. The van der Waals surface area contributed by atoms with Gasteiger partial charge in [-0.1, -0.05) is 38.8 Å². The molecule has 0 saturated heterocycles. The van der Waals surface area contributed by atoms with Gasteiger partial charge in [-0.05, 0) is 49.3 Å². The molecule has 1 N–H and O–H groups in total. The molecule has 4 atom stereocenters. The Morgan fingerprint density at radius 3 is 2.58 bits per heavy atom. The maximum atomic E-state index is 12.9. The molecule has 0 radical (unpaired) electrons. The lowest BCUT2D eigenvalue weighted by atomic mass is 9.77. The van der Waals surface area contributed by atoms with Gasteiger partial charge >= 0.3 is 0 Å². The Hall–Kier alpha value is -0.890. The van der Waals surface area contributed by atoms with Gasteiger partial charge in [0, 0.05) is 12.1 Å². The van der Waals surface area contributed by atoms with Crippen LogP contribution in [0.25, 0.3) is 0 Å².